The maximum absolute atomic E-state index is 11.9. The van der Waals surface area contributed by atoms with Gasteiger partial charge in [0.2, 0.25) is 5.65 Å². The Morgan fingerprint density at radius 2 is 1.84 bits per heavy atom. The van der Waals surface area contributed by atoms with Crippen LogP contribution < -0.4 is 14.8 Å². The summed E-state index contributed by atoms with van der Waals surface area (Å²) >= 11 is 0. The Balaban J connectivity index is 1.37. The first kappa shape index (κ1) is 22.1. The molecule has 1 aliphatic carbocycles. The van der Waals surface area contributed by atoms with Gasteiger partial charge in [-0.15, -0.1) is 10.2 Å². The SMILES string of the molecule is COc1cc2nc(NCCCCCC(=O)OC3CCCC3)c3nnc(C)n3c2cc1OC. The second kappa shape index (κ2) is 10.0. The van der Waals surface area contributed by atoms with Crippen molar-refractivity contribution in [1.29, 1.82) is 0 Å². The number of nitrogens with one attached hydrogen (secondary N) is 1. The number of esters is 1. The predicted molar refractivity (Wildman–Crippen MR) is 121 cm³/mol. The van der Waals surface area contributed by atoms with E-state index in [1.807, 2.05) is 23.5 Å². The van der Waals surface area contributed by atoms with Crippen molar-refractivity contribution in [1.82, 2.24) is 19.6 Å². The molecular weight excluding hydrogens is 410 g/mol. The first-order valence-electron chi connectivity index (χ1n) is 11.3. The molecule has 0 aliphatic heterocycles. The van der Waals surface area contributed by atoms with Crippen LogP contribution in [0.15, 0.2) is 12.1 Å². The van der Waals surface area contributed by atoms with E-state index in [2.05, 4.69) is 15.5 Å². The van der Waals surface area contributed by atoms with Gasteiger partial charge in [-0.25, -0.2) is 4.98 Å². The van der Waals surface area contributed by atoms with E-state index < -0.39 is 0 Å². The van der Waals surface area contributed by atoms with Gasteiger partial charge in [-0.2, -0.15) is 0 Å². The maximum atomic E-state index is 11.9. The van der Waals surface area contributed by atoms with Gasteiger partial charge in [0.05, 0.1) is 25.3 Å². The van der Waals surface area contributed by atoms with Crippen LogP contribution in [0.2, 0.25) is 0 Å². The number of aromatic nitrogens is 4. The predicted octanol–water partition coefficient (Wildman–Crippen LogP) is 4.06. The van der Waals surface area contributed by atoms with Gasteiger partial charge in [0.1, 0.15) is 11.9 Å². The Kier molecular flexibility index (Phi) is 6.92. The minimum absolute atomic E-state index is 0.0638. The number of anilines is 1. The molecule has 1 fully saturated rings. The number of nitrogens with zero attached hydrogens (tertiary/aromatic N) is 4. The van der Waals surface area contributed by atoms with Crippen molar-refractivity contribution in [3.05, 3.63) is 18.0 Å². The van der Waals surface area contributed by atoms with E-state index in [0.29, 0.717) is 29.4 Å². The Morgan fingerprint density at radius 1 is 1.09 bits per heavy atom. The molecule has 1 aromatic carbocycles. The van der Waals surface area contributed by atoms with Crippen LogP contribution in [0.4, 0.5) is 5.82 Å². The van der Waals surface area contributed by atoms with Crippen molar-refractivity contribution in [2.75, 3.05) is 26.1 Å². The number of rotatable bonds is 10. The highest BCUT2D eigenvalue weighted by molar-refractivity contribution is 5.85. The molecule has 9 nitrogen and oxygen atoms in total. The van der Waals surface area contributed by atoms with E-state index in [-0.39, 0.29) is 12.1 Å². The summed E-state index contributed by atoms with van der Waals surface area (Å²) in [5, 5.41) is 11.9. The Hall–Kier alpha value is -3.10. The van der Waals surface area contributed by atoms with E-state index in [4.69, 9.17) is 19.2 Å². The van der Waals surface area contributed by atoms with Gasteiger partial charge in [0.15, 0.2) is 17.3 Å². The lowest BCUT2D eigenvalue weighted by molar-refractivity contribution is -0.148. The van der Waals surface area contributed by atoms with Crippen LogP contribution in [0.25, 0.3) is 16.7 Å². The smallest absolute Gasteiger partial charge is 0.306 e. The van der Waals surface area contributed by atoms with Crippen LogP contribution in [0, 0.1) is 6.92 Å². The minimum atomic E-state index is -0.0638. The van der Waals surface area contributed by atoms with E-state index >= 15 is 0 Å². The summed E-state index contributed by atoms with van der Waals surface area (Å²) in [6, 6.07) is 3.74. The van der Waals surface area contributed by atoms with Crippen molar-refractivity contribution < 1.29 is 19.0 Å². The van der Waals surface area contributed by atoms with Crippen molar-refractivity contribution >= 4 is 28.5 Å². The molecule has 1 saturated carbocycles. The van der Waals surface area contributed by atoms with Crippen LogP contribution in [-0.2, 0) is 9.53 Å². The van der Waals surface area contributed by atoms with E-state index in [0.717, 1.165) is 55.5 Å². The molecule has 32 heavy (non-hydrogen) atoms. The first-order chi connectivity index (χ1) is 15.6. The summed E-state index contributed by atoms with van der Waals surface area (Å²) in [7, 11) is 3.21. The van der Waals surface area contributed by atoms with Crippen molar-refractivity contribution in [2.45, 2.75) is 64.4 Å². The molecule has 172 valence electrons. The summed E-state index contributed by atoms with van der Waals surface area (Å²) in [6.07, 6.45) is 7.70. The zero-order valence-electron chi connectivity index (χ0n) is 19.0. The Labute approximate surface area is 187 Å². The molecule has 0 atom stereocenters. The number of benzene rings is 1. The number of aryl methyl sites for hydroxylation is 1. The molecule has 2 aromatic heterocycles. The van der Waals surface area contributed by atoms with Gasteiger partial charge in [-0.3, -0.25) is 9.20 Å². The molecule has 4 rings (SSSR count). The van der Waals surface area contributed by atoms with Gasteiger partial charge in [-0.1, -0.05) is 6.42 Å². The minimum Gasteiger partial charge on any atom is -0.493 e. The number of hydrogen-bond donors (Lipinski definition) is 1. The topological polar surface area (TPSA) is 99.9 Å². The van der Waals surface area contributed by atoms with E-state index in [1.54, 1.807) is 14.2 Å². The van der Waals surface area contributed by atoms with Gasteiger partial charge in [0, 0.05) is 25.1 Å². The summed E-state index contributed by atoms with van der Waals surface area (Å²) in [4.78, 5) is 16.7. The molecule has 0 bridgehead atoms. The van der Waals surface area contributed by atoms with Gasteiger partial charge >= 0.3 is 5.97 Å². The average molecular weight is 442 g/mol. The highest BCUT2D eigenvalue weighted by Crippen LogP contribution is 2.33. The number of carbonyl (C=O) groups is 1. The monoisotopic (exact) mass is 441 g/mol. The Bertz CT molecular complexity index is 1090. The molecule has 0 unspecified atom stereocenters. The molecule has 0 saturated heterocycles. The Morgan fingerprint density at radius 3 is 2.59 bits per heavy atom. The third kappa shape index (κ3) is 4.71. The molecule has 2 heterocycles. The molecule has 0 radical (unpaired) electrons. The normalized spacial score (nSPS) is 14.2. The number of hydrogen-bond acceptors (Lipinski definition) is 8. The van der Waals surface area contributed by atoms with E-state index in [9.17, 15) is 4.79 Å². The molecule has 1 N–H and O–H groups in total. The van der Waals surface area contributed by atoms with Crippen molar-refractivity contribution in [3.8, 4) is 11.5 Å². The summed E-state index contributed by atoms with van der Waals surface area (Å²) in [5.74, 6) is 2.62. The fraction of sp³-hybridized carbons (Fsp3) is 0.565. The molecular formula is C23H31N5O4. The molecule has 9 heteroatoms. The number of ether oxygens (including phenoxy) is 3. The van der Waals surface area contributed by atoms with Crippen LogP contribution in [0.5, 0.6) is 11.5 Å². The van der Waals surface area contributed by atoms with Gasteiger partial charge in [-0.05, 0) is 45.4 Å². The highest BCUT2D eigenvalue weighted by atomic mass is 16.5. The maximum Gasteiger partial charge on any atom is 0.306 e. The van der Waals surface area contributed by atoms with Gasteiger partial charge < -0.3 is 19.5 Å². The standard InChI is InChI=1S/C23H31N5O4/c1-15-26-27-23-22(24-12-8-4-5-11-21(29)32-16-9-6-7-10-16)25-17-13-19(30-2)20(31-3)14-18(17)28(15)23/h13-14,16H,4-12H2,1-3H3,(H,24,25). The quantitative estimate of drug-likeness (QED) is 0.371. The van der Waals surface area contributed by atoms with Gasteiger partial charge in [0.25, 0.3) is 0 Å². The highest BCUT2D eigenvalue weighted by Gasteiger charge is 2.19. The molecule has 0 amide bonds. The lowest BCUT2D eigenvalue weighted by atomic mass is 10.2. The second-order valence-corrected chi connectivity index (χ2v) is 8.20. The summed E-state index contributed by atoms with van der Waals surface area (Å²) < 4.78 is 18.3. The van der Waals surface area contributed by atoms with Crippen LogP contribution >= 0.6 is 0 Å². The first-order valence-corrected chi connectivity index (χ1v) is 11.3. The third-order valence-electron chi connectivity index (χ3n) is 5.94. The average Bonchev–Trinajstić information content (AvgIpc) is 3.45. The third-order valence-corrected chi connectivity index (χ3v) is 5.94. The zero-order chi connectivity index (χ0) is 22.5. The van der Waals surface area contributed by atoms with Crippen molar-refractivity contribution in [3.63, 3.8) is 0 Å². The largest absolute Gasteiger partial charge is 0.493 e. The van der Waals surface area contributed by atoms with Crippen LogP contribution in [0.1, 0.15) is 57.2 Å². The van der Waals surface area contributed by atoms with Crippen LogP contribution in [0.3, 0.4) is 0 Å². The van der Waals surface area contributed by atoms with Crippen molar-refractivity contribution in [2.24, 2.45) is 0 Å². The number of carbonyl (C=O) groups excluding carboxylic acids is 1. The molecule has 0 spiro atoms. The zero-order valence-corrected chi connectivity index (χ0v) is 19.0. The lowest BCUT2D eigenvalue weighted by Crippen LogP contribution is -2.14. The summed E-state index contributed by atoms with van der Waals surface area (Å²) in [6.45, 7) is 2.63. The van der Waals surface area contributed by atoms with Crippen LogP contribution in [-0.4, -0.2) is 52.4 Å². The number of fused-ring (bicyclic) bond motifs is 3. The fourth-order valence-corrected chi connectivity index (χ4v) is 4.25. The molecule has 3 aromatic rings. The summed E-state index contributed by atoms with van der Waals surface area (Å²) in [5.41, 5.74) is 2.28. The number of methoxy groups -OCH3 is 2. The molecule has 1 aliphatic rings. The van der Waals surface area contributed by atoms with E-state index in [1.165, 1.54) is 12.8 Å². The fourth-order valence-electron chi connectivity index (χ4n) is 4.25. The lowest BCUT2D eigenvalue weighted by Gasteiger charge is -2.13. The second-order valence-electron chi connectivity index (χ2n) is 8.20. The number of unbranched alkanes of at least 4 members (excludes halogenated alkanes) is 2.